The van der Waals surface area contributed by atoms with Gasteiger partial charge in [0.25, 0.3) is 5.92 Å². The second-order valence-electron chi connectivity index (χ2n) is 7.68. The van der Waals surface area contributed by atoms with Gasteiger partial charge in [0.1, 0.15) is 11.7 Å². The monoisotopic (exact) mass is 424 g/mol. The number of aliphatic carboxylic acids is 1. The van der Waals surface area contributed by atoms with Crippen LogP contribution in [0.5, 0.6) is 5.75 Å². The van der Waals surface area contributed by atoms with Gasteiger partial charge in [-0.2, -0.15) is 0 Å². The molecule has 5 unspecified atom stereocenters. The summed E-state index contributed by atoms with van der Waals surface area (Å²) in [6, 6.07) is 9.12. The molecule has 0 radical (unpaired) electrons. The highest BCUT2D eigenvalue weighted by Crippen LogP contribution is 2.41. The topological polar surface area (TPSA) is 87.0 Å². The number of benzene rings is 1. The normalized spacial score (nSPS) is 24.4. The number of alkyl halides is 2. The van der Waals surface area contributed by atoms with Gasteiger partial charge in [-0.1, -0.05) is 42.5 Å². The van der Waals surface area contributed by atoms with Gasteiger partial charge in [-0.15, -0.1) is 0 Å². The van der Waals surface area contributed by atoms with Crippen molar-refractivity contribution in [1.82, 2.24) is 0 Å². The molecule has 1 saturated carbocycles. The lowest BCUT2D eigenvalue weighted by Crippen LogP contribution is -2.41. The Kier molecular flexibility index (Phi) is 8.99. The fraction of sp³-hybridized carbons (Fsp3) is 0.522. The number of halogens is 2. The van der Waals surface area contributed by atoms with E-state index < -0.39 is 41.9 Å². The highest BCUT2D eigenvalue weighted by Gasteiger charge is 2.51. The lowest BCUT2D eigenvalue weighted by atomic mass is 9.81. The summed E-state index contributed by atoms with van der Waals surface area (Å²) in [5, 5.41) is 29.1. The Morgan fingerprint density at radius 1 is 1.23 bits per heavy atom. The zero-order chi connectivity index (χ0) is 22.1. The molecule has 1 fully saturated rings. The number of aliphatic hydroxyl groups excluding tert-OH is 2. The molecule has 30 heavy (non-hydrogen) atoms. The molecule has 7 heteroatoms. The molecular weight excluding hydrogens is 394 g/mol. The second-order valence-corrected chi connectivity index (χ2v) is 7.68. The van der Waals surface area contributed by atoms with Crippen molar-refractivity contribution < 1.29 is 33.6 Å². The summed E-state index contributed by atoms with van der Waals surface area (Å²) in [6.45, 7) is 1.91. The maximum Gasteiger partial charge on any atom is 0.312 e. The highest BCUT2D eigenvalue weighted by molar-refractivity contribution is 5.71. The summed E-state index contributed by atoms with van der Waals surface area (Å²) < 4.78 is 35.9. The zero-order valence-corrected chi connectivity index (χ0v) is 17.0. The van der Waals surface area contributed by atoms with Crippen LogP contribution in [0.15, 0.2) is 54.6 Å². The Bertz CT molecular complexity index is 720. The minimum Gasteiger partial charge on any atom is -0.493 e. The van der Waals surface area contributed by atoms with E-state index in [0.29, 0.717) is 18.8 Å². The van der Waals surface area contributed by atoms with Gasteiger partial charge in [0, 0.05) is 0 Å². The summed E-state index contributed by atoms with van der Waals surface area (Å²) >= 11 is 0. The van der Waals surface area contributed by atoms with Gasteiger partial charge in [-0.25, -0.2) is 8.78 Å². The first-order valence-corrected chi connectivity index (χ1v) is 10.2. The molecule has 5 nitrogen and oxygen atoms in total. The van der Waals surface area contributed by atoms with Crippen LogP contribution in [0.1, 0.15) is 32.6 Å². The van der Waals surface area contributed by atoms with Crippen LogP contribution in [0.25, 0.3) is 0 Å². The Balaban J connectivity index is 2.03. The molecule has 1 aromatic rings. The Hall–Kier alpha value is -2.25. The number of allylic oxidation sites excluding steroid dienone is 3. The number of aliphatic hydroxyl groups is 2. The summed E-state index contributed by atoms with van der Waals surface area (Å²) in [5.41, 5.74) is 0. The molecule has 1 aliphatic carbocycles. The number of para-hydroxylation sites is 1. The van der Waals surface area contributed by atoms with Crippen molar-refractivity contribution in [3.8, 4) is 5.75 Å². The van der Waals surface area contributed by atoms with Gasteiger partial charge in [0.05, 0.1) is 24.7 Å². The summed E-state index contributed by atoms with van der Waals surface area (Å²) in [4.78, 5) is 11.7. The molecule has 0 saturated heterocycles. The number of carboxylic acid groups (broad SMARTS) is 1. The largest absolute Gasteiger partial charge is 0.493 e. The number of carboxylic acids is 1. The van der Waals surface area contributed by atoms with Crippen molar-refractivity contribution in [2.24, 2.45) is 17.8 Å². The van der Waals surface area contributed by atoms with Crippen LogP contribution in [-0.4, -0.2) is 46.0 Å². The van der Waals surface area contributed by atoms with E-state index in [4.69, 9.17) is 4.74 Å². The van der Waals surface area contributed by atoms with Gasteiger partial charge in [0.15, 0.2) is 0 Å². The molecule has 2 rings (SSSR count). The van der Waals surface area contributed by atoms with Crippen LogP contribution >= 0.6 is 0 Å². The first-order chi connectivity index (χ1) is 14.3. The Labute approximate surface area is 175 Å². The summed E-state index contributed by atoms with van der Waals surface area (Å²) in [6.07, 6.45) is 4.08. The number of ether oxygens (including phenoxy) is 1. The highest BCUT2D eigenvalue weighted by atomic mass is 19.3. The molecule has 0 aliphatic heterocycles. The Morgan fingerprint density at radius 2 is 1.93 bits per heavy atom. The van der Waals surface area contributed by atoms with Crippen molar-refractivity contribution in [2.45, 2.75) is 50.7 Å². The van der Waals surface area contributed by atoms with Crippen LogP contribution in [-0.2, 0) is 4.79 Å². The molecule has 166 valence electrons. The third-order valence-corrected chi connectivity index (χ3v) is 5.42. The molecular formula is C23H30F2O5. The van der Waals surface area contributed by atoms with E-state index in [1.807, 2.05) is 18.2 Å². The van der Waals surface area contributed by atoms with Gasteiger partial charge in [-0.3, -0.25) is 4.79 Å². The van der Waals surface area contributed by atoms with Gasteiger partial charge < -0.3 is 20.1 Å². The average Bonchev–Trinajstić information content (AvgIpc) is 3.02. The predicted octanol–water partition coefficient (Wildman–Crippen LogP) is 4.06. The lowest BCUT2D eigenvalue weighted by molar-refractivity contribution is -0.163. The minimum atomic E-state index is -3.55. The van der Waals surface area contributed by atoms with E-state index in [0.717, 1.165) is 0 Å². The second kappa shape index (κ2) is 11.2. The molecule has 0 aromatic heterocycles. The molecule has 0 heterocycles. The molecule has 3 N–H and O–H groups in total. The summed E-state index contributed by atoms with van der Waals surface area (Å²) in [5.74, 6) is -8.50. The third-order valence-electron chi connectivity index (χ3n) is 5.42. The van der Waals surface area contributed by atoms with Crippen LogP contribution in [0.2, 0.25) is 0 Å². The van der Waals surface area contributed by atoms with Gasteiger partial charge in [-0.05, 0) is 50.7 Å². The SMILES string of the molecule is CC=CC(C=CCCOc1ccccc1)C(F)(F)C(CC1CC(O)CC1O)C(=O)O. The van der Waals surface area contributed by atoms with E-state index in [1.54, 1.807) is 25.1 Å². The molecule has 0 spiro atoms. The lowest BCUT2D eigenvalue weighted by Gasteiger charge is -2.30. The molecule has 0 amide bonds. The van der Waals surface area contributed by atoms with E-state index in [2.05, 4.69) is 0 Å². The van der Waals surface area contributed by atoms with Crippen molar-refractivity contribution in [2.75, 3.05) is 6.61 Å². The van der Waals surface area contributed by atoms with Crippen molar-refractivity contribution >= 4 is 5.97 Å². The van der Waals surface area contributed by atoms with Crippen LogP contribution < -0.4 is 4.74 Å². The number of carbonyl (C=O) groups is 1. The van der Waals surface area contributed by atoms with Crippen LogP contribution in [0.4, 0.5) is 8.78 Å². The number of hydrogen-bond acceptors (Lipinski definition) is 4. The van der Waals surface area contributed by atoms with Crippen molar-refractivity contribution in [3.63, 3.8) is 0 Å². The van der Waals surface area contributed by atoms with Crippen molar-refractivity contribution in [3.05, 3.63) is 54.6 Å². The van der Waals surface area contributed by atoms with E-state index in [-0.39, 0.29) is 19.3 Å². The van der Waals surface area contributed by atoms with Crippen LogP contribution in [0, 0.1) is 17.8 Å². The predicted molar refractivity (Wildman–Crippen MR) is 109 cm³/mol. The molecule has 1 aromatic carbocycles. The average molecular weight is 424 g/mol. The summed E-state index contributed by atoms with van der Waals surface area (Å²) in [7, 11) is 0. The van der Waals surface area contributed by atoms with Gasteiger partial charge >= 0.3 is 5.97 Å². The van der Waals surface area contributed by atoms with Crippen molar-refractivity contribution in [1.29, 1.82) is 0 Å². The fourth-order valence-electron chi connectivity index (χ4n) is 3.82. The third kappa shape index (κ3) is 6.64. The standard InChI is InChI=1S/C23H30F2O5/c1-2-8-17(9-6-7-12-30-19-10-4-3-5-11-19)23(24,25)20(22(28)29)14-16-13-18(26)15-21(16)27/h2-6,8-11,16-18,20-21,26-27H,7,12-15H2,1H3,(H,28,29). The maximum atomic E-state index is 15.2. The molecule has 0 bridgehead atoms. The number of rotatable bonds is 11. The fourth-order valence-corrected chi connectivity index (χ4v) is 3.82. The van der Waals surface area contributed by atoms with E-state index in [1.165, 1.54) is 18.2 Å². The first-order valence-electron chi connectivity index (χ1n) is 10.2. The first kappa shape index (κ1) is 24.0. The van der Waals surface area contributed by atoms with E-state index >= 15 is 8.78 Å². The zero-order valence-electron chi connectivity index (χ0n) is 17.0. The van der Waals surface area contributed by atoms with Crippen LogP contribution in [0.3, 0.4) is 0 Å². The smallest absolute Gasteiger partial charge is 0.312 e. The molecule has 5 atom stereocenters. The Morgan fingerprint density at radius 3 is 2.50 bits per heavy atom. The van der Waals surface area contributed by atoms with E-state index in [9.17, 15) is 20.1 Å². The minimum absolute atomic E-state index is 0.0855. The maximum absolute atomic E-state index is 15.2. The number of hydrogen-bond donors (Lipinski definition) is 3. The molecule has 1 aliphatic rings. The quantitative estimate of drug-likeness (QED) is 0.368. The van der Waals surface area contributed by atoms with Gasteiger partial charge in [0.2, 0.25) is 0 Å².